The summed E-state index contributed by atoms with van der Waals surface area (Å²) in [6.45, 7) is 0. The minimum Gasteiger partial charge on any atom is -0.366 e. The molecule has 19 heavy (non-hydrogen) atoms. The van der Waals surface area contributed by atoms with Crippen LogP contribution in [0.25, 0.3) is 21.9 Å². The third-order valence-electron chi connectivity index (χ3n) is 3.17. The van der Waals surface area contributed by atoms with E-state index in [0.717, 1.165) is 21.9 Å². The zero-order valence-corrected chi connectivity index (χ0v) is 10.2. The summed E-state index contributed by atoms with van der Waals surface area (Å²) in [6.07, 6.45) is 3.56. The summed E-state index contributed by atoms with van der Waals surface area (Å²) in [5.74, 6) is -0.420. The van der Waals surface area contributed by atoms with Gasteiger partial charge in [0.15, 0.2) is 0 Å². The highest BCUT2D eigenvalue weighted by Gasteiger charge is 2.11. The van der Waals surface area contributed by atoms with E-state index in [-0.39, 0.29) is 0 Å². The highest BCUT2D eigenvalue weighted by molar-refractivity contribution is 6.05. The number of carbonyl (C=O) groups is 1. The number of primary amides is 1. The van der Waals surface area contributed by atoms with Gasteiger partial charge in [-0.1, -0.05) is 36.4 Å². The van der Waals surface area contributed by atoms with Crippen LogP contribution in [-0.2, 0) is 0 Å². The fourth-order valence-electron chi connectivity index (χ4n) is 2.28. The van der Waals surface area contributed by atoms with E-state index in [1.165, 1.54) is 0 Å². The van der Waals surface area contributed by atoms with Crippen molar-refractivity contribution in [3.05, 3.63) is 66.5 Å². The van der Waals surface area contributed by atoms with E-state index in [4.69, 9.17) is 5.73 Å². The molecule has 0 fully saturated rings. The van der Waals surface area contributed by atoms with E-state index in [1.54, 1.807) is 12.3 Å². The summed E-state index contributed by atoms with van der Waals surface area (Å²) in [4.78, 5) is 15.7. The van der Waals surface area contributed by atoms with Crippen molar-refractivity contribution in [3.8, 4) is 11.1 Å². The Balaban J connectivity index is 2.34. The first-order valence-corrected chi connectivity index (χ1v) is 5.99. The molecule has 3 heteroatoms. The maximum atomic E-state index is 11.5. The molecular formula is C16H12N2O. The third kappa shape index (κ3) is 1.95. The van der Waals surface area contributed by atoms with Crippen LogP contribution in [0.15, 0.2) is 60.9 Å². The summed E-state index contributed by atoms with van der Waals surface area (Å²) < 4.78 is 0. The lowest BCUT2D eigenvalue weighted by atomic mass is 9.95. The molecule has 2 N–H and O–H groups in total. The zero-order chi connectivity index (χ0) is 13.2. The van der Waals surface area contributed by atoms with Crippen LogP contribution in [0.3, 0.4) is 0 Å². The number of nitrogens with zero attached hydrogens (tertiary/aromatic N) is 1. The molecule has 2 aromatic carbocycles. The quantitative estimate of drug-likeness (QED) is 0.758. The summed E-state index contributed by atoms with van der Waals surface area (Å²) in [7, 11) is 0. The van der Waals surface area contributed by atoms with E-state index >= 15 is 0 Å². The predicted molar refractivity (Wildman–Crippen MR) is 75.7 cm³/mol. The normalized spacial score (nSPS) is 10.5. The van der Waals surface area contributed by atoms with Gasteiger partial charge in [-0.15, -0.1) is 0 Å². The standard InChI is InChI=1S/C16H12N2O/c17-16(19)14-6-2-1-5-12(14)13-7-3-4-11-8-9-18-10-15(11)13/h1-10H,(H2,17,19). The van der Waals surface area contributed by atoms with Gasteiger partial charge in [0.05, 0.1) is 0 Å². The Morgan fingerprint density at radius 3 is 2.58 bits per heavy atom. The SMILES string of the molecule is NC(=O)c1ccccc1-c1cccc2ccncc12. The van der Waals surface area contributed by atoms with Crippen molar-refractivity contribution in [2.75, 3.05) is 0 Å². The number of rotatable bonds is 2. The topological polar surface area (TPSA) is 56.0 Å². The van der Waals surface area contributed by atoms with Crippen LogP contribution < -0.4 is 5.73 Å². The molecule has 0 saturated heterocycles. The number of benzene rings is 2. The Kier molecular flexibility index (Phi) is 2.72. The first-order chi connectivity index (χ1) is 9.27. The van der Waals surface area contributed by atoms with Crippen molar-refractivity contribution in [2.24, 2.45) is 5.73 Å². The van der Waals surface area contributed by atoms with Gasteiger partial charge in [-0.25, -0.2) is 0 Å². The van der Waals surface area contributed by atoms with Gasteiger partial charge in [0.25, 0.3) is 0 Å². The molecule has 0 radical (unpaired) electrons. The van der Waals surface area contributed by atoms with Crippen molar-refractivity contribution >= 4 is 16.7 Å². The predicted octanol–water partition coefficient (Wildman–Crippen LogP) is 3.00. The lowest BCUT2D eigenvalue weighted by molar-refractivity contribution is 0.100. The van der Waals surface area contributed by atoms with Crippen LogP contribution in [0.2, 0.25) is 0 Å². The fraction of sp³-hybridized carbons (Fsp3) is 0. The molecule has 3 aromatic rings. The highest BCUT2D eigenvalue weighted by atomic mass is 16.1. The van der Waals surface area contributed by atoms with Crippen LogP contribution in [0.1, 0.15) is 10.4 Å². The maximum Gasteiger partial charge on any atom is 0.249 e. The van der Waals surface area contributed by atoms with Gasteiger partial charge in [-0.2, -0.15) is 0 Å². The van der Waals surface area contributed by atoms with Crippen molar-refractivity contribution in [2.45, 2.75) is 0 Å². The van der Waals surface area contributed by atoms with Gasteiger partial charge in [-0.05, 0) is 28.6 Å². The molecule has 0 aliphatic heterocycles. The molecule has 0 aliphatic carbocycles. The molecule has 1 amide bonds. The summed E-state index contributed by atoms with van der Waals surface area (Å²) in [6, 6.07) is 15.3. The Labute approximate surface area is 110 Å². The first-order valence-electron chi connectivity index (χ1n) is 5.99. The van der Waals surface area contributed by atoms with Crippen LogP contribution in [0.5, 0.6) is 0 Å². The first kappa shape index (κ1) is 11.4. The van der Waals surface area contributed by atoms with Crippen molar-refractivity contribution in [1.82, 2.24) is 4.98 Å². The van der Waals surface area contributed by atoms with Crippen LogP contribution in [0.4, 0.5) is 0 Å². The molecule has 0 bridgehead atoms. The lowest BCUT2D eigenvalue weighted by Crippen LogP contribution is -2.12. The molecule has 3 rings (SSSR count). The largest absolute Gasteiger partial charge is 0.366 e. The average molecular weight is 248 g/mol. The Morgan fingerprint density at radius 2 is 1.74 bits per heavy atom. The van der Waals surface area contributed by atoms with Crippen LogP contribution in [0, 0.1) is 0 Å². The Hall–Kier alpha value is -2.68. The summed E-state index contributed by atoms with van der Waals surface area (Å²) in [5.41, 5.74) is 7.78. The summed E-state index contributed by atoms with van der Waals surface area (Å²) in [5, 5.41) is 2.10. The molecule has 0 saturated carbocycles. The second-order valence-electron chi connectivity index (χ2n) is 4.31. The molecule has 0 unspecified atom stereocenters. The molecular weight excluding hydrogens is 236 g/mol. The average Bonchev–Trinajstić information content (AvgIpc) is 2.46. The van der Waals surface area contributed by atoms with Crippen LogP contribution in [-0.4, -0.2) is 10.9 Å². The van der Waals surface area contributed by atoms with Crippen molar-refractivity contribution < 1.29 is 4.79 Å². The minimum absolute atomic E-state index is 0.420. The van der Waals surface area contributed by atoms with Gasteiger partial charge in [0.1, 0.15) is 0 Å². The van der Waals surface area contributed by atoms with E-state index in [0.29, 0.717) is 5.56 Å². The van der Waals surface area contributed by atoms with Gasteiger partial charge >= 0.3 is 0 Å². The molecule has 1 heterocycles. The monoisotopic (exact) mass is 248 g/mol. The summed E-state index contributed by atoms with van der Waals surface area (Å²) >= 11 is 0. The zero-order valence-electron chi connectivity index (χ0n) is 10.2. The molecule has 3 nitrogen and oxygen atoms in total. The second-order valence-corrected chi connectivity index (χ2v) is 4.31. The van der Waals surface area contributed by atoms with E-state index in [2.05, 4.69) is 4.98 Å². The number of hydrogen-bond donors (Lipinski definition) is 1. The Morgan fingerprint density at radius 1 is 0.947 bits per heavy atom. The van der Waals surface area contributed by atoms with Gasteiger partial charge in [0.2, 0.25) is 5.91 Å². The van der Waals surface area contributed by atoms with Gasteiger partial charge in [-0.3, -0.25) is 9.78 Å². The number of aromatic nitrogens is 1. The highest BCUT2D eigenvalue weighted by Crippen LogP contribution is 2.30. The number of hydrogen-bond acceptors (Lipinski definition) is 2. The minimum atomic E-state index is -0.420. The molecule has 0 spiro atoms. The smallest absolute Gasteiger partial charge is 0.249 e. The van der Waals surface area contributed by atoms with E-state index in [1.807, 2.05) is 48.7 Å². The van der Waals surface area contributed by atoms with Gasteiger partial charge in [0, 0.05) is 23.3 Å². The number of pyridine rings is 1. The fourth-order valence-corrected chi connectivity index (χ4v) is 2.28. The van der Waals surface area contributed by atoms with E-state index in [9.17, 15) is 4.79 Å². The number of nitrogens with two attached hydrogens (primary N) is 1. The van der Waals surface area contributed by atoms with Crippen molar-refractivity contribution in [1.29, 1.82) is 0 Å². The number of fused-ring (bicyclic) bond motifs is 1. The van der Waals surface area contributed by atoms with E-state index < -0.39 is 5.91 Å². The number of amides is 1. The molecule has 92 valence electrons. The second kappa shape index (κ2) is 4.53. The molecule has 0 atom stereocenters. The van der Waals surface area contributed by atoms with Gasteiger partial charge < -0.3 is 5.73 Å². The number of carbonyl (C=O) groups excluding carboxylic acids is 1. The Bertz CT molecular complexity index is 760. The van der Waals surface area contributed by atoms with Crippen LogP contribution >= 0.6 is 0 Å². The molecule has 0 aliphatic rings. The maximum absolute atomic E-state index is 11.5. The van der Waals surface area contributed by atoms with Crippen molar-refractivity contribution in [3.63, 3.8) is 0 Å². The lowest BCUT2D eigenvalue weighted by Gasteiger charge is -2.09. The molecule has 1 aromatic heterocycles. The third-order valence-corrected chi connectivity index (χ3v) is 3.17.